The van der Waals surface area contributed by atoms with Crippen LogP contribution in [-0.2, 0) is 38.0 Å². The van der Waals surface area contributed by atoms with Crippen LogP contribution in [0.5, 0.6) is 0 Å². The lowest BCUT2D eigenvalue weighted by Gasteiger charge is -2.42. The highest BCUT2D eigenvalue weighted by molar-refractivity contribution is 5.70. The number of carbonyl (C=O) groups is 2. The van der Waals surface area contributed by atoms with E-state index in [-0.39, 0.29) is 26.1 Å². The Hall–Kier alpha value is -2.54. The topological polar surface area (TPSA) is 231 Å². The maximum absolute atomic E-state index is 13.1. The normalized spacial score (nSPS) is 25.3. The Balaban J connectivity index is 1.75. The first-order valence-corrected chi connectivity index (χ1v) is 28.2. The summed E-state index contributed by atoms with van der Waals surface area (Å²) in [7, 11) is 0. The molecule has 15 heteroatoms. The molecule has 2 aliphatic rings. The molecule has 0 amide bonds. The monoisotopic (exact) mass is 1020 g/mol. The molecule has 0 aliphatic carbocycles. The second-order valence-electron chi connectivity index (χ2n) is 19.8. The third-order valence-corrected chi connectivity index (χ3v) is 13.3. The number of ether oxygens (including phenoxy) is 6. The van der Waals surface area contributed by atoms with Crippen molar-refractivity contribution in [1.82, 2.24) is 0 Å². The summed E-state index contributed by atoms with van der Waals surface area (Å²) in [6.07, 6.45) is 32.8. The minimum Gasteiger partial charge on any atom is -0.462 e. The number of aliphatic hydroxyl groups is 7. The Morgan fingerprint density at radius 2 is 0.861 bits per heavy atom. The number of hydrogen-bond donors (Lipinski definition) is 7. The molecule has 0 aromatic rings. The lowest BCUT2D eigenvalue weighted by atomic mass is 9.98. The van der Waals surface area contributed by atoms with E-state index in [9.17, 15) is 45.3 Å². The molecule has 0 radical (unpaired) electrons. The highest BCUT2D eigenvalue weighted by Gasteiger charge is 2.47. The fourth-order valence-electron chi connectivity index (χ4n) is 8.64. The van der Waals surface area contributed by atoms with Gasteiger partial charge in [-0.3, -0.25) is 9.59 Å². The molecule has 11 atom stereocenters. The van der Waals surface area contributed by atoms with Crippen molar-refractivity contribution in [2.75, 3.05) is 26.4 Å². The smallest absolute Gasteiger partial charge is 0.306 e. The van der Waals surface area contributed by atoms with E-state index >= 15 is 0 Å². The molecular formula is C57H100O15. The van der Waals surface area contributed by atoms with Crippen molar-refractivity contribution in [3.63, 3.8) is 0 Å². The third kappa shape index (κ3) is 30.7. The summed E-state index contributed by atoms with van der Waals surface area (Å²) in [5.74, 6) is -0.942. The molecule has 11 unspecified atom stereocenters. The molecule has 0 aromatic carbocycles. The molecule has 7 N–H and O–H groups in total. The van der Waals surface area contributed by atoms with Gasteiger partial charge in [-0.2, -0.15) is 0 Å². The van der Waals surface area contributed by atoms with Gasteiger partial charge in [0.25, 0.3) is 0 Å². The highest BCUT2D eigenvalue weighted by atomic mass is 16.7. The van der Waals surface area contributed by atoms with Crippen molar-refractivity contribution in [2.45, 2.75) is 274 Å². The third-order valence-electron chi connectivity index (χ3n) is 13.3. The minimum atomic E-state index is -1.77. The first-order chi connectivity index (χ1) is 35.0. The van der Waals surface area contributed by atoms with Gasteiger partial charge >= 0.3 is 11.9 Å². The van der Waals surface area contributed by atoms with Gasteiger partial charge in [0.05, 0.1) is 19.8 Å². The zero-order chi connectivity index (χ0) is 52.4. The maximum atomic E-state index is 13.1. The standard InChI is InChI=1S/C57H100O15/c1-3-5-7-9-11-13-15-17-18-19-20-21-22-23-24-25-26-28-30-32-34-36-38-40-49(60)70-45(42-67-48(59)39-37-35-33-31-29-27-16-14-12-10-8-6-4-2)43-68-56-55(66)53(64)51(62)47(72-56)44-69-57-54(65)52(63)50(61)46(41-58)71-57/h8,10,14-17,19-20,45-47,50-58,61-66H,3-7,9,11-13,18,21-44H2,1-2H3/b10-8-,16-14-,17-15-,20-19-. The zero-order valence-electron chi connectivity index (χ0n) is 44.4. The predicted octanol–water partition coefficient (Wildman–Crippen LogP) is 9.05. The summed E-state index contributed by atoms with van der Waals surface area (Å²) >= 11 is 0. The fourth-order valence-corrected chi connectivity index (χ4v) is 8.64. The predicted molar refractivity (Wildman–Crippen MR) is 280 cm³/mol. The SMILES string of the molecule is CCC/C=C\C/C=C\CCCCCCCC(=O)OCC(COC1OC(COC2OC(CO)C(O)C(O)C2O)C(O)C(O)C1O)OC(=O)CCCCCCCCCCCCC/C=C\C/C=C\CCCCCCC. The van der Waals surface area contributed by atoms with Crippen molar-refractivity contribution in [3.8, 4) is 0 Å². The van der Waals surface area contributed by atoms with Crippen molar-refractivity contribution >= 4 is 11.9 Å². The van der Waals surface area contributed by atoms with Crippen LogP contribution in [-0.4, -0.2) is 142 Å². The summed E-state index contributed by atoms with van der Waals surface area (Å²) in [4.78, 5) is 25.8. The molecule has 0 aromatic heterocycles. The summed E-state index contributed by atoms with van der Waals surface area (Å²) in [6, 6.07) is 0. The van der Waals surface area contributed by atoms with E-state index in [0.29, 0.717) is 12.8 Å². The van der Waals surface area contributed by atoms with Crippen LogP contribution < -0.4 is 0 Å². The average molecular weight is 1030 g/mol. The van der Waals surface area contributed by atoms with Crippen LogP contribution in [0.2, 0.25) is 0 Å². The van der Waals surface area contributed by atoms with Crippen LogP contribution in [0.15, 0.2) is 48.6 Å². The lowest BCUT2D eigenvalue weighted by molar-refractivity contribution is -0.332. The van der Waals surface area contributed by atoms with Gasteiger partial charge < -0.3 is 64.2 Å². The molecule has 2 aliphatic heterocycles. The lowest BCUT2D eigenvalue weighted by Crippen LogP contribution is -2.61. The molecule has 0 spiro atoms. The second-order valence-corrected chi connectivity index (χ2v) is 19.8. The number of unbranched alkanes of at least 4 members (excludes halogenated alkanes) is 22. The summed E-state index contributed by atoms with van der Waals surface area (Å²) in [6.45, 7) is 2.51. The van der Waals surface area contributed by atoms with Crippen molar-refractivity contribution in [3.05, 3.63) is 48.6 Å². The van der Waals surface area contributed by atoms with E-state index in [4.69, 9.17) is 28.4 Å². The Bertz CT molecular complexity index is 1440. The van der Waals surface area contributed by atoms with Crippen LogP contribution >= 0.6 is 0 Å². The van der Waals surface area contributed by atoms with E-state index in [1.54, 1.807) is 0 Å². The van der Waals surface area contributed by atoms with Gasteiger partial charge in [0, 0.05) is 12.8 Å². The van der Waals surface area contributed by atoms with Gasteiger partial charge in [-0.1, -0.05) is 172 Å². The number of aliphatic hydroxyl groups excluding tert-OH is 7. The molecule has 418 valence electrons. The Morgan fingerprint density at radius 3 is 1.35 bits per heavy atom. The summed E-state index contributed by atoms with van der Waals surface area (Å²) in [5.41, 5.74) is 0. The second kappa shape index (κ2) is 43.7. The molecule has 2 fully saturated rings. The van der Waals surface area contributed by atoms with Crippen molar-refractivity contribution in [2.24, 2.45) is 0 Å². The van der Waals surface area contributed by atoms with Crippen LogP contribution in [0, 0.1) is 0 Å². The Kier molecular flexibility index (Phi) is 39.8. The zero-order valence-corrected chi connectivity index (χ0v) is 44.4. The number of hydrogen-bond acceptors (Lipinski definition) is 15. The number of carbonyl (C=O) groups excluding carboxylic acids is 2. The number of rotatable bonds is 44. The molecule has 15 nitrogen and oxygen atoms in total. The quantitative estimate of drug-likeness (QED) is 0.0171. The van der Waals surface area contributed by atoms with Gasteiger partial charge in [0.15, 0.2) is 18.7 Å². The van der Waals surface area contributed by atoms with Gasteiger partial charge in [-0.25, -0.2) is 0 Å². The van der Waals surface area contributed by atoms with Crippen molar-refractivity contribution < 1.29 is 73.8 Å². The minimum absolute atomic E-state index is 0.159. The van der Waals surface area contributed by atoms with Crippen LogP contribution in [0.4, 0.5) is 0 Å². The first-order valence-electron chi connectivity index (χ1n) is 28.2. The molecule has 2 rings (SSSR count). The van der Waals surface area contributed by atoms with E-state index in [1.165, 1.54) is 83.5 Å². The van der Waals surface area contributed by atoms with Crippen molar-refractivity contribution in [1.29, 1.82) is 0 Å². The number of allylic oxidation sites excluding steroid dienone is 8. The van der Waals surface area contributed by atoms with Crippen LogP contribution in [0.1, 0.15) is 206 Å². The summed E-state index contributed by atoms with van der Waals surface area (Å²) in [5, 5.41) is 72.2. The van der Waals surface area contributed by atoms with Crippen LogP contribution in [0.3, 0.4) is 0 Å². The van der Waals surface area contributed by atoms with Gasteiger partial charge in [-0.15, -0.1) is 0 Å². The number of esters is 2. The van der Waals surface area contributed by atoms with E-state index in [1.807, 2.05) is 0 Å². The van der Waals surface area contributed by atoms with E-state index in [0.717, 1.165) is 83.5 Å². The summed E-state index contributed by atoms with van der Waals surface area (Å²) < 4.78 is 33.6. The molecule has 0 saturated carbocycles. The van der Waals surface area contributed by atoms with E-state index in [2.05, 4.69) is 62.5 Å². The Labute approximate surface area is 433 Å². The fraction of sp³-hybridized carbons (Fsp3) is 0.825. The Morgan fingerprint density at radius 1 is 0.444 bits per heavy atom. The van der Waals surface area contributed by atoms with E-state index < -0.39 is 92.7 Å². The highest BCUT2D eigenvalue weighted by Crippen LogP contribution is 2.27. The van der Waals surface area contributed by atoms with Gasteiger partial charge in [0.1, 0.15) is 55.4 Å². The molecule has 2 saturated heterocycles. The first kappa shape index (κ1) is 65.6. The van der Waals surface area contributed by atoms with Gasteiger partial charge in [0.2, 0.25) is 0 Å². The molecule has 72 heavy (non-hydrogen) atoms. The van der Waals surface area contributed by atoms with Gasteiger partial charge in [-0.05, 0) is 70.6 Å². The maximum Gasteiger partial charge on any atom is 0.306 e. The molecule has 0 bridgehead atoms. The average Bonchev–Trinajstić information content (AvgIpc) is 3.37. The molecular weight excluding hydrogens is 925 g/mol. The van der Waals surface area contributed by atoms with Crippen LogP contribution in [0.25, 0.3) is 0 Å². The largest absolute Gasteiger partial charge is 0.462 e. The molecule has 2 heterocycles.